The maximum absolute atomic E-state index is 11.8. The number of carbonyl (C=O) groups is 3. The third-order valence-corrected chi connectivity index (χ3v) is 3.19. The molecule has 9 heteroatoms. The smallest absolute Gasteiger partial charge is 0.342 e. The molecular formula is C12H10N2O7. The Morgan fingerprint density at radius 1 is 1.33 bits per heavy atom. The van der Waals surface area contributed by atoms with Crippen LogP contribution >= 0.6 is 0 Å². The average Bonchev–Trinajstić information content (AvgIpc) is 2.80. The average molecular weight is 294 g/mol. The lowest BCUT2D eigenvalue weighted by molar-refractivity contribution is -0.385. The highest BCUT2D eigenvalue weighted by Crippen LogP contribution is 2.29. The van der Waals surface area contributed by atoms with E-state index in [9.17, 15) is 24.5 Å². The molecule has 1 atom stereocenters. The fraction of sp³-hybridized carbons (Fsp3) is 0.250. The molecule has 1 fully saturated rings. The van der Waals surface area contributed by atoms with Crippen molar-refractivity contribution in [2.24, 2.45) is 5.92 Å². The number of hydrogen-bond acceptors (Lipinski definition) is 5. The van der Waals surface area contributed by atoms with Crippen molar-refractivity contribution < 1.29 is 29.5 Å². The van der Waals surface area contributed by atoms with Crippen LogP contribution in [0.1, 0.15) is 16.8 Å². The lowest BCUT2D eigenvalue weighted by atomic mass is 10.1. The van der Waals surface area contributed by atoms with Gasteiger partial charge in [0.25, 0.3) is 5.69 Å². The molecule has 1 aliphatic rings. The van der Waals surface area contributed by atoms with Crippen molar-refractivity contribution in [1.82, 2.24) is 0 Å². The van der Waals surface area contributed by atoms with Gasteiger partial charge in [-0.2, -0.15) is 0 Å². The van der Waals surface area contributed by atoms with Crippen LogP contribution < -0.4 is 4.90 Å². The van der Waals surface area contributed by atoms with Crippen LogP contribution in [0.25, 0.3) is 0 Å². The molecule has 1 aromatic carbocycles. The van der Waals surface area contributed by atoms with Crippen LogP contribution in [0.2, 0.25) is 0 Å². The van der Waals surface area contributed by atoms with E-state index < -0.39 is 39.9 Å². The van der Waals surface area contributed by atoms with Crippen LogP contribution in [0, 0.1) is 16.0 Å². The highest BCUT2D eigenvalue weighted by Gasteiger charge is 2.35. The number of aromatic carboxylic acids is 1. The van der Waals surface area contributed by atoms with Gasteiger partial charge < -0.3 is 15.1 Å². The van der Waals surface area contributed by atoms with Gasteiger partial charge in [0.2, 0.25) is 5.91 Å². The molecule has 0 aliphatic carbocycles. The van der Waals surface area contributed by atoms with Crippen LogP contribution in [0.3, 0.4) is 0 Å². The number of carbonyl (C=O) groups excluding carboxylic acids is 1. The molecule has 0 saturated carbocycles. The number of nitro groups is 1. The molecule has 0 aromatic heterocycles. The van der Waals surface area contributed by atoms with Gasteiger partial charge in [0.1, 0.15) is 5.56 Å². The third kappa shape index (κ3) is 2.66. The summed E-state index contributed by atoms with van der Waals surface area (Å²) in [6.07, 6.45) is -0.186. The number of carboxylic acids is 2. The molecule has 1 unspecified atom stereocenters. The molecule has 0 spiro atoms. The molecule has 1 amide bonds. The lowest BCUT2D eigenvalue weighted by Gasteiger charge is -2.16. The van der Waals surface area contributed by atoms with Crippen molar-refractivity contribution in [1.29, 1.82) is 0 Å². The highest BCUT2D eigenvalue weighted by molar-refractivity contribution is 6.01. The largest absolute Gasteiger partial charge is 0.481 e. The van der Waals surface area contributed by atoms with Crippen molar-refractivity contribution in [2.75, 3.05) is 11.4 Å². The molecule has 1 aromatic rings. The summed E-state index contributed by atoms with van der Waals surface area (Å²) in [6, 6.07) is 3.22. The molecule has 1 aliphatic heterocycles. The number of amides is 1. The monoisotopic (exact) mass is 294 g/mol. The van der Waals surface area contributed by atoms with Gasteiger partial charge in [0.05, 0.1) is 10.8 Å². The Kier molecular flexibility index (Phi) is 3.57. The minimum absolute atomic E-state index is 0.0922. The Hall–Kier alpha value is -2.97. The summed E-state index contributed by atoms with van der Waals surface area (Å²) in [5.74, 6) is -3.95. The Morgan fingerprint density at radius 2 is 2.00 bits per heavy atom. The minimum Gasteiger partial charge on any atom is -0.481 e. The molecule has 1 saturated heterocycles. The summed E-state index contributed by atoms with van der Waals surface area (Å²) in [4.78, 5) is 44.7. The molecule has 0 radical (unpaired) electrons. The number of benzene rings is 1. The molecule has 2 N–H and O–H groups in total. The molecule has 1 heterocycles. The zero-order chi connectivity index (χ0) is 15.7. The first kappa shape index (κ1) is 14.4. The van der Waals surface area contributed by atoms with E-state index in [-0.39, 0.29) is 18.7 Å². The molecule has 9 nitrogen and oxygen atoms in total. The summed E-state index contributed by atoms with van der Waals surface area (Å²) in [6.45, 7) is -0.0922. The van der Waals surface area contributed by atoms with Crippen molar-refractivity contribution in [2.45, 2.75) is 6.42 Å². The second-order valence-corrected chi connectivity index (χ2v) is 4.51. The van der Waals surface area contributed by atoms with Gasteiger partial charge >= 0.3 is 11.9 Å². The summed E-state index contributed by atoms with van der Waals surface area (Å²) in [7, 11) is 0. The van der Waals surface area contributed by atoms with Crippen LogP contribution in [0.4, 0.5) is 11.4 Å². The zero-order valence-electron chi connectivity index (χ0n) is 10.6. The molecular weight excluding hydrogens is 284 g/mol. The van der Waals surface area contributed by atoms with E-state index in [0.717, 1.165) is 17.0 Å². The van der Waals surface area contributed by atoms with Crippen LogP contribution in [-0.4, -0.2) is 39.5 Å². The van der Waals surface area contributed by atoms with Gasteiger partial charge in [-0.3, -0.25) is 19.7 Å². The fourth-order valence-electron chi connectivity index (χ4n) is 2.14. The predicted octanol–water partition coefficient (Wildman–Crippen LogP) is 0.730. The van der Waals surface area contributed by atoms with E-state index in [4.69, 9.17) is 10.2 Å². The van der Waals surface area contributed by atoms with Crippen molar-refractivity contribution >= 4 is 29.2 Å². The standard InChI is InChI=1S/C12H10N2O7/c15-10-3-6(11(16)17)5-13(10)7-1-2-9(14(20)21)8(4-7)12(18)19/h1-2,4,6H,3,5H2,(H,16,17)(H,18,19). The van der Waals surface area contributed by atoms with Gasteiger partial charge in [-0.25, -0.2) is 4.79 Å². The number of carboxylic acid groups (broad SMARTS) is 2. The first-order chi connectivity index (χ1) is 9.81. The van der Waals surface area contributed by atoms with Gasteiger partial charge in [0, 0.05) is 24.7 Å². The molecule has 2 rings (SSSR count). The van der Waals surface area contributed by atoms with E-state index in [1.165, 1.54) is 6.07 Å². The third-order valence-electron chi connectivity index (χ3n) is 3.19. The Morgan fingerprint density at radius 3 is 2.48 bits per heavy atom. The number of rotatable bonds is 4. The molecule has 21 heavy (non-hydrogen) atoms. The first-order valence-electron chi connectivity index (χ1n) is 5.86. The summed E-state index contributed by atoms with van der Waals surface area (Å²) in [5.41, 5.74) is -1.01. The van der Waals surface area contributed by atoms with E-state index in [1.807, 2.05) is 0 Å². The van der Waals surface area contributed by atoms with Crippen molar-refractivity contribution in [3.05, 3.63) is 33.9 Å². The molecule has 110 valence electrons. The summed E-state index contributed by atoms with van der Waals surface area (Å²) in [5, 5.41) is 28.6. The topological polar surface area (TPSA) is 138 Å². The lowest BCUT2D eigenvalue weighted by Crippen LogP contribution is -2.26. The zero-order valence-corrected chi connectivity index (χ0v) is 10.6. The Labute approximate surface area is 117 Å². The number of hydrogen-bond donors (Lipinski definition) is 2. The number of anilines is 1. The van der Waals surface area contributed by atoms with Crippen molar-refractivity contribution in [3.63, 3.8) is 0 Å². The summed E-state index contributed by atoms with van der Waals surface area (Å²) >= 11 is 0. The Balaban J connectivity index is 2.40. The summed E-state index contributed by atoms with van der Waals surface area (Å²) < 4.78 is 0. The van der Waals surface area contributed by atoms with Crippen molar-refractivity contribution in [3.8, 4) is 0 Å². The van der Waals surface area contributed by atoms with E-state index in [1.54, 1.807) is 0 Å². The van der Waals surface area contributed by atoms with Gasteiger partial charge in [-0.15, -0.1) is 0 Å². The van der Waals surface area contributed by atoms with Gasteiger partial charge in [0.15, 0.2) is 0 Å². The van der Waals surface area contributed by atoms with E-state index >= 15 is 0 Å². The molecule has 0 bridgehead atoms. The number of nitrogens with zero attached hydrogens (tertiary/aromatic N) is 2. The number of nitro benzene ring substituents is 1. The predicted molar refractivity (Wildman–Crippen MR) is 68.2 cm³/mol. The van der Waals surface area contributed by atoms with Crippen LogP contribution in [0.5, 0.6) is 0 Å². The highest BCUT2D eigenvalue weighted by atomic mass is 16.6. The van der Waals surface area contributed by atoms with Gasteiger partial charge in [-0.05, 0) is 12.1 Å². The fourth-order valence-corrected chi connectivity index (χ4v) is 2.14. The maximum Gasteiger partial charge on any atom is 0.342 e. The maximum atomic E-state index is 11.8. The second-order valence-electron chi connectivity index (χ2n) is 4.51. The Bertz CT molecular complexity index is 655. The quantitative estimate of drug-likeness (QED) is 0.616. The van der Waals surface area contributed by atoms with Crippen LogP contribution in [0.15, 0.2) is 18.2 Å². The van der Waals surface area contributed by atoms with E-state index in [2.05, 4.69) is 0 Å². The number of aliphatic carboxylic acids is 1. The van der Waals surface area contributed by atoms with E-state index in [0.29, 0.717) is 0 Å². The van der Waals surface area contributed by atoms with Crippen LogP contribution in [-0.2, 0) is 9.59 Å². The van der Waals surface area contributed by atoms with Gasteiger partial charge in [-0.1, -0.05) is 0 Å². The SMILES string of the molecule is O=C(O)c1cc(N2CC(C(=O)O)CC2=O)ccc1[N+](=O)[O-]. The normalized spacial score (nSPS) is 17.8. The minimum atomic E-state index is -1.50. The second kappa shape index (κ2) is 5.19. The first-order valence-corrected chi connectivity index (χ1v) is 5.86.